The molecule has 2 aromatic rings. The second-order valence-corrected chi connectivity index (χ2v) is 4.98. The summed E-state index contributed by atoms with van der Waals surface area (Å²) in [5.74, 6) is 1.03. The van der Waals surface area contributed by atoms with Crippen molar-refractivity contribution in [1.29, 1.82) is 0 Å². The van der Waals surface area contributed by atoms with Crippen LogP contribution in [0.15, 0.2) is 28.8 Å². The molecule has 0 aliphatic rings. The number of alkyl halides is 1. The number of rotatable bonds is 2. The van der Waals surface area contributed by atoms with Gasteiger partial charge in [0.15, 0.2) is 5.82 Å². The van der Waals surface area contributed by atoms with Gasteiger partial charge in [-0.2, -0.15) is 4.98 Å². The number of benzene rings is 1. The topological polar surface area (TPSA) is 38.9 Å². The Balaban J connectivity index is 2.37. The van der Waals surface area contributed by atoms with Crippen LogP contribution in [0, 0.1) is 3.57 Å². The van der Waals surface area contributed by atoms with Gasteiger partial charge in [-0.3, -0.25) is 0 Å². The molecule has 1 aromatic carbocycles. The predicted octanol–water partition coefficient (Wildman–Crippen LogP) is 3.64. The van der Waals surface area contributed by atoms with Crippen LogP contribution in [-0.2, 0) is 0 Å². The Bertz CT molecular complexity index is 470. The summed E-state index contributed by atoms with van der Waals surface area (Å²) in [6.07, 6.45) is 0. The monoisotopic (exact) mass is 334 g/mol. The van der Waals surface area contributed by atoms with E-state index in [1.165, 1.54) is 0 Å². The maximum absolute atomic E-state index is 5.85. The molecule has 1 heterocycles. The van der Waals surface area contributed by atoms with Gasteiger partial charge >= 0.3 is 0 Å². The molecule has 0 saturated carbocycles. The van der Waals surface area contributed by atoms with Crippen LogP contribution in [0.2, 0.25) is 0 Å². The van der Waals surface area contributed by atoms with Gasteiger partial charge in [0, 0.05) is 9.13 Å². The van der Waals surface area contributed by atoms with Crippen LogP contribution in [0.1, 0.15) is 18.1 Å². The van der Waals surface area contributed by atoms with E-state index in [0.29, 0.717) is 11.7 Å². The number of nitrogens with zero attached hydrogens (tertiary/aromatic N) is 2. The average Bonchev–Trinajstić information content (AvgIpc) is 2.66. The molecular formula is C10H8ClIN2O. The van der Waals surface area contributed by atoms with E-state index in [4.69, 9.17) is 16.1 Å². The third-order valence-corrected chi connectivity index (χ3v) is 2.74. The van der Waals surface area contributed by atoms with Crippen molar-refractivity contribution in [1.82, 2.24) is 10.1 Å². The molecule has 15 heavy (non-hydrogen) atoms. The van der Waals surface area contributed by atoms with Gasteiger partial charge in [0.1, 0.15) is 0 Å². The van der Waals surface area contributed by atoms with Crippen molar-refractivity contribution in [3.63, 3.8) is 0 Å². The molecule has 78 valence electrons. The third-order valence-electron chi connectivity index (χ3n) is 1.87. The third kappa shape index (κ3) is 2.49. The van der Waals surface area contributed by atoms with Crippen molar-refractivity contribution in [2.75, 3.05) is 0 Å². The first kappa shape index (κ1) is 10.9. The molecule has 0 saturated heterocycles. The molecule has 0 aliphatic heterocycles. The maximum Gasteiger partial charge on any atom is 0.258 e. The molecule has 2 rings (SSSR count). The van der Waals surface area contributed by atoms with Crippen molar-refractivity contribution in [2.24, 2.45) is 0 Å². The highest BCUT2D eigenvalue weighted by Gasteiger charge is 2.12. The van der Waals surface area contributed by atoms with E-state index in [0.717, 1.165) is 9.13 Å². The van der Waals surface area contributed by atoms with Crippen LogP contribution in [0.25, 0.3) is 11.5 Å². The lowest BCUT2D eigenvalue weighted by molar-refractivity contribution is 0.422. The van der Waals surface area contributed by atoms with E-state index >= 15 is 0 Å². The van der Waals surface area contributed by atoms with Crippen molar-refractivity contribution in [3.05, 3.63) is 33.7 Å². The van der Waals surface area contributed by atoms with Crippen LogP contribution in [-0.4, -0.2) is 10.1 Å². The first-order valence-corrected chi connectivity index (χ1v) is 5.92. The van der Waals surface area contributed by atoms with Crippen LogP contribution >= 0.6 is 34.2 Å². The summed E-state index contributed by atoms with van der Waals surface area (Å²) in [6, 6.07) is 7.87. The number of hydrogen-bond donors (Lipinski definition) is 0. The molecular weight excluding hydrogens is 326 g/mol. The zero-order valence-electron chi connectivity index (χ0n) is 7.95. The number of hydrogen-bond acceptors (Lipinski definition) is 3. The molecule has 0 fully saturated rings. The quantitative estimate of drug-likeness (QED) is 0.622. The largest absolute Gasteiger partial charge is 0.334 e. The SMILES string of the molecule is CC(Cl)c1noc(-c2cccc(I)c2)n1. The Morgan fingerprint density at radius 3 is 2.87 bits per heavy atom. The second-order valence-electron chi connectivity index (χ2n) is 3.08. The van der Waals surface area contributed by atoms with Crippen molar-refractivity contribution < 1.29 is 4.52 Å². The van der Waals surface area contributed by atoms with E-state index in [1.54, 1.807) is 0 Å². The van der Waals surface area contributed by atoms with Gasteiger partial charge in [-0.05, 0) is 47.7 Å². The Labute approximate surface area is 106 Å². The molecule has 0 spiro atoms. The molecule has 1 unspecified atom stereocenters. The highest BCUT2D eigenvalue weighted by molar-refractivity contribution is 14.1. The van der Waals surface area contributed by atoms with Gasteiger partial charge in [0.05, 0.1) is 5.38 Å². The summed E-state index contributed by atoms with van der Waals surface area (Å²) in [4.78, 5) is 4.21. The first-order chi connectivity index (χ1) is 7.16. The van der Waals surface area contributed by atoms with Crippen LogP contribution in [0.4, 0.5) is 0 Å². The van der Waals surface area contributed by atoms with E-state index < -0.39 is 0 Å². The lowest BCUT2D eigenvalue weighted by Crippen LogP contribution is -1.86. The lowest BCUT2D eigenvalue weighted by Gasteiger charge is -1.94. The first-order valence-electron chi connectivity index (χ1n) is 4.40. The van der Waals surface area contributed by atoms with Gasteiger partial charge in [-0.25, -0.2) is 0 Å². The van der Waals surface area contributed by atoms with Gasteiger partial charge in [0.25, 0.3) is 5.89 Å². The van der Waals surface area contributed by atoms with Gasteiger partial charge in [-0.1, -0.05) is 11.2 Å². The van der Waals surface area contributed by atoms with Gasteiger partial charge < -0.3 is 4.52 Å². The highest BCUT2D eigenvalue weighted by Crippen LogP contribution is 2.22. The molecule has 3 nitrogen and oxygen atoms in total. The fraction of sp³-hybridized carbons (Fsp3) is 0.200. The Morgan fingerprint density at radius 2 is 2.27 bits per heavy atom. The Morgan fingerprint density at radius 1 is 1.47 bits per heavy atom. The summed E-state index contributed by atoms with van der Waals surface area (Å²) < 4.78 is 6.25. The zero-order valence-corrected chi connectivity index (χ0v) is 10.9. The summed E-state index contributed by atoms with van der Waals surface area (Å²) in [5, 5.41) is 3.57. The molecule has 0 N–H and O–H groups in total. The normalized spacial score (nSPS) is 12.7. The summed E-state index contributed by atoms with van der Waals surface area (Å²) in [7, 11) is 0. The van der Waals surface area contributed by atoms with Gasteiger partial charge in [-0.15, -0.1) is 11.6 Å². The molecule has 1 aromatic heterocycles. The van der Waals surface area contributed by atoms with Crippen molar-refractivity contribution in [3.8, 4) is 11.5 Å². The molecule has 0 aliphatic carbocycles. The minimum Gasteiger partial charge on any atom is -0.334 e. The molecule has 5 heteroatoms. The minimum atomic E-state index is -0.231. The van der Waals surface area contributed by atoms with E-state index in [1.807, 2.05) is 31.2 Å². The summed E-state index contributed by atoms with van der Waals surface area (Å²) in [6.45, 7) is 1.81. The standard InChI is InChI=1S/C10H8ClIN2O/c1-6(11)9-13-10(15-14-9)7-3-2-4-8(12)5-7/h2-6H,1H3. The predicted molar refractivity (Wildman–Crippen MR) is 66.7 cm³/mol. The average molecular weight is 335 g/mol. The van der Waals surface area contributed by atoms with Crippen molar-refractivity contribution >= 4 is 34.2 Å². The molecule has 1 atom stereocenters. The van der Waals surface area contributed by atoms with Crippen molar-refractivity contribution in [2.45, 2.75) is 12.3 Å². The van der Waals surface area contributed by atoms with Crippen LogP contribution in [0.5, 0.6) is 0 Å². The minimum absolute atomic E-state index is 0.231. The van der Waals surface area contributed by atoms with Gasteiger partial charge in [0.2, 0.25) is 0 Å². The fourth-order valence-corrected chi connectivity index (χ4v) is 1.77. The van der Waals surface area contributed by atoms with Crippen LogP contribution < -0.4 is 0 Å². The molecule has 0 bridgehead atoms. The fourth-order valence-electron chi connectivity index (χ4n) is 1.14. The highest BCUT2D eigenvalue weighted by atomic mass is 127. The van der Waals surface area contributed by atoms with E-state index in [9.17, 15) is 0 Å². The maximum atomic E-state index is 5.85. The Kier molecular flexibility index (Phi) is 3.25. The summed E-state index contributed by atoms with van der Waals surface area (Å²) >= 11 is 8.09. The molecule has 0 radical (unpaired) electrons. The lowest BCUT2D eigenvalue weighted by atomic mass is 10.2. The van der Waals surface area contributed by atoms with E-state index in [2.05, 4.69) is 32.7 Å². The molecule has 0 amide bonds. The summed E-state index contributed by atoms with van der Waals surface area (Å²) in [5.41, 5.74) is 0.915. The number of aromatic nitrogens is 2. The number of halogens is 2. The van der Waals surface area contributed by atoms with E-state index in [-0.39, 0.29) is 5.38 Å². The Hall–Kier alpha value is -0.620. The second kappa shape index (κ2) is 4.49. The zero-order chi connectivity index (χ0) is 10.8. The van der Waals surface area contributed by atoms with Crippen LogP contribution in [0.3, 0.4) is 0 Å². The smallest absolute Gasteiger partial charge is 0.258 e.